The first-order chi connectivity index (χ1) is 14.0. The molecule has 0 spiro atoms. The number of fused-ring (bicyclic) bond motifs is 3. The molecule has 0 unspecified atom stereocenters. The van der Waals surface area contributed by atoms with Crippen LogP contribution in [-0.2, 0) is 0 Å². The van der Waals surface area contributed by atoms with Gasteiger partial charge >= 0.3 is 0 Å². The molecule has 1 N–H and O–H groups in total. The zero-order valence-corrected chi connectivity index (χ0v) is 16.1. The van der Waals surface area contributed by atoms with E-state index in [0.717, 1.165) is 25.7 Å². The summed E-state index contributed by atoms with van der Waals surface area (Å²) in [6.07, 6.45) is 6.01. The third-order valence-corrected chi connectivity index (χ3v) is 6.47. The molecule has 7 nitrogen and oxygen atoms in total. The van der Waals surface area contributed by atoms with E-state index < -0.39 is 6.17 Å². The molecule has 29 heavy (non-hydrogen) atoms. The molecule has 2 aliphatic rings. The van der Waals surface area contributed by atoms with E-state index in [1.54, 1.807) is 12.1 Å². The first-order valence-corrected chi connectivity index (χ1v) is 9.92. The topological polar surface area (TPSA) is 83.6 Å². The van der Waals surface area contributed by atoms with Crippen LogP contribution in [0.25, 0.3) is 16.9 Å². The summed E-state index contributed by atoms with van der Waals surface area (Å²) in [5.41, 5.74) is 0.914. The van der Waals surface area contributed by atoms with Gasteiger partial charge in [0.05, 0.1) is 17.3 Å². The number of anilines is 1. The Morgan fingerprint density at radius 2 is 2.07 bits per heavy atom. The van der Waals surface area contributed by atoms with Gasteiger partial charge in [-0.1, -0.05) is 0 Å². The molecule has 3 aromatic rings. The van der Waals surface area contributed by atoms with Crippen LogP contribution < -0.4 is 10.5 Å². The number of hydrogen-bond donors (Lipinski definition) is 1. The van der Waals surface area contributed by atoms with Crippen LogP contribution in [0, 0.1) is 11.8 Å². The molecule has 0 amide bonds. The van der Waals surface area contributed by atoms with Crippen LogP contribution in [0.2, 0.25) is 0 Å². The average Bonchev–Trinajstić information content (AvgIpc) is 3.14. The summed E-state index contributed by atoms with van der Waals surface area (Å²) in [5, 5.41) is 18.9. The van der Waals surface area contributed by atoms with Crippen LogP contribution in [0.4, 0.5) is 10.2 Å². The fourth-order valence-electron chi connectivity index (χ4n) is 4.86. The van der Waals surface area contributed by atoms with Gasteiger partial charge in [0.25, 0.3) is 5.56 Å². The molecule has 0 radical (unpaired) electrons. The molecular weight excluding hydrogens is 373 g/mol. The highest BCUT2D eigenvalue weighted by molar-refractivity contribution is 5.69. The molecule has 3 heterocycles. The highest BCUT2D eigenvalue weighted by Crippen LogP contribution is 2.45. The smallest absolute Gasteiger partial charge is 0.257 e. The summed E-state index contributed by atoms with van der Waals surface area (Å²) in [6.45, 7) is 0. The van der Waals surface area contributed by atoms with E-state index in [-0.39, 0.29) is 23.3 Å². The van der Waals surface area contributed by atoms with E-state index in [4.69, 9.17) is 0 Å². The molecule has 2 fully saturated rings. The molecule has 2 aliphatic carbocycles. The van der Waals surface area contributed by atoms with Gasteiger partial charge in [0.1, 0.15) is 17.6 Å². The highest BCUT2D eigenvalue weighted by atomic mass is 19.1. The molecule has 2 bridgehead atoms. The van der Waals surface area contributed by atoms with Crippen molar-refractivity contribution in [3.05, 3.63) is 47.0 Å². The maximum Gasteiger partial charge on any atom is 0.257 e. The number of nitrogens with zero attached hydrogens (tertiary/aromatic N) is 5. The molecule has 150 valence electrons. The van der Waals surface area contributed by atoms with E-state index in [2.05, 4.69) is 15.2 Å². The van der Waals surface area contributed by atoms with Crippen LogP contribution in [0.1, 0.15) is 25.7 Å². The van der Waals surface area contributed by atoms with E-state index in [1.165, 1.54) is 28.9 Å². The van der Waals surface area contributed by atoms with Gasteiger partial charge in [-0.3, -0.25) is 9.20 Å². The minimum atomic E-state index is -0.843. The molecule has 4 atom stereocenters. The SMILES string of the molecule is CN(c1ccc(-c2cn3c(=O)ccnc3cc2O)nn1)[C@@H]1C[C@H]2CC[C@H](C2)[C@@H]1F. The minimum Gasteiger partial charge on any atom is -0.507 e. The average molecular weight is 395 g/mol. The second-order valence-corrected chi connectivity index (χ2v) is 8.16. The lowest BCUT2D eigenvalue weighted by Crippen LogP contribution is -2.46. The van der Waals surface area contributed by atoms with Crippen LogP contribution in [0.15, 0.2) is 41.5 Å². The summed E-state index contributed by atoms with van der Waals surface area (Å²) < 4.78 is 16.2. The molecule has 8 heteroatoms. The van der Waals surface area contributed by atoms with Crippen molar-refractivity contribution in [1.29, 1.82) is 0 Å². The van der Waals surface area contributed by atoms with Crippen LogP contribution >= 0.6 is 0 Å². The number of rotatable bonds is 3. The first kappa shape index (κ1) is 18.0. The van der Waals surface area contributed by atoms with Gasteiger partial charge in [-0.15, -0.1) is 10.2 Å². The molecule has 0 saturated heterocycles. The zero-order valence-electron chi connectivity index (χ0n) is 16.1. The molecule has 3 aromatic heterocycles. The van der Waals surface area contributed by atoms with Gasteiger partial charge in [-0.05, 0) is 49.7 Å². The van der Waals surface area contributed by atoms with E-state index in [0.29, 0.717) is 28.6 Å². The lowest BCUT2D eigenvalue weighted by molar-refractivity contribution is 0.144. The second kappa shape index (κ2) is 6.79. The van der Waals surface area contributed by atoms with Crippen LogP contribution in [0.5, 0.6) is 5.75 Å². The third-order valence-electron chi connectivity index (χ3n) is 6.47. The Bertz CT molecular complexity index is 1120. The zero-order chi connectivity index (χ0) is 20.1. The Kier molecular flexibility index (Phi) is 4.22. The van der Waals surface area contributed by atoms with Crippen molar-refractivity contribution in [2.75, 3.05) is 11.9 Å². The number of halogens is 1. The Balaban J connectivity index is 1.45. The lowest BCUT2D eigenvalue weighted by Gasteiger charge is -2.38. The molecule has 2 saturated carbocycles. The van der Waals surface area contributed by atoms with Crippen molar-refractivity contribution in [2.24, 2.45) is 11.8 Å². The van der Waals surface area contributed by atoms with Gasteiger partial charge in [0.15, 0.2) is 5.82 Å². The van der Waals surface area contributed by atoms with Gasteiger partial charge < -0.3 is 10.0 Å². The third kappa shape index (κ3) is 3.03. The quantitative estimate of drug-likeness (QED) is 0.734. The van der Waals surface area contributed by atoms with E-state index in [9.17, 15) is 14.3 Å². The van der Waals surface area contributed by atoms with Crippen molar-refractivity contribution in [3.8, 4) is 17.0 Å². The van der Waals surface area contributed by atoms with Crippen molar-refractivity contribution >= 4 is 11.5 Å². The molecular formula is C21H22FN5O2. The van der Waals surface area contributed by atoms with Gasteiger partial charge in [0.2, 0.25) is 0 Å². The van der Waals surface area contributed by atoms with Crippen molar-refractivity contribution in [1.82, 2.24) is 19.6 Å². The molecule has 5 rings (SSSR count). The number of aromatic nitrogens is 4. The van der Waals surface area contributed by atoms with Gasteiger partial charge in [-0.2, -0.15) is 0 Å². The maximum atomic E-state index is 14.9. The predicted molar refractivity (Wildman–Crippen MR) is 107 cm³/mol. The first-order valence-electron chi connectivity index (χ1n) is 9.92. The Hall–Kier alpha value is -3.03. The van der Waals surface area contributed by atoms with Crippen molar-refractivity contribution in [2.45, 2.75) is 37.9 Å². The highest BCUT2D eigenvalue weighted by Gasteiger charge is 2.44. The Morgan fingerprint density at radius 3 is 2.86 bits per heavy atom. The van der Waals surface area contributed by atoms with Crippen LogP contribution in [-0.4, -0.2) is 43.9 Å². The predicted octanol–water partition coefficient (Wildman–Crippen LogP) is 2.82. The summed E-state index contributed by atoms with van der Waals surface area (Å²) in [5.74, 6) is 1.33. The Labute approximate surface area is 166 Å². The number of hydrogen-bond acceptors (Lipinski definition) is 6. The fourth-order valence-corrected chi connectivity index (χ4v) is 4.86. The number of alkyl halides is 1. The summed E-state index contributed by atoms with van der Waals surface area (Å²) in [4.78, 5) is 18.0. The number of aromatic hydroxyl groups is 1. The van der Waals surface area contributed by atoms with Crippen molar-refractivity contribution in [3.63, 3.8) is 0 Å². The summed E-state index contributed by atoms with van der Waals surface area (Å²) >= 11 is 0. The standard InChI is InChI=1S/C21H22FN5O2/c1-26(16-9-12-2-3-13(8-12)21(16)22)18-5-4-15(24-25-18)14-11-27-19(10-17(14)28)23-7-6-20(27)29/h4-7,10-13,16,21,28H,2-3,8-9H2,1H3/t12-,13+,16+,21-/m0/s1. The van der Waals surface area contributed by atoms with Crippen LogP contribution in [0.3, 0.4) is 0 Å². The van der Waals surface area contributed by atoms with Crippen molar-refractivity contribution < 1.29 is 9.50 Å². The number of pyridine rings is 1. The van der Waals surface area contributed by atoms with E-state index in [1.807, 2.05) is 11.9 Å². The fraction of sp³-hybridized carbons (Fsp3) is 0.429. The molecule has 0 aliphatic heterocycles. The Morgan fingerprint density at radius 1 is 1.21 bits per heavy atom. The monoisotopic (exact) mass is 395 g/mol. The second-order valence-electron chi connectivity index (χ2n) is 8.16. The largest absolute Gasteiger partial charge is 0.507 e. The van der Waals surface area contributed by atoms with Gasteiger partial charge in [-0.25, -0.2) is 9.37 Å². The normalized spacial score (nSPS) is 26.0. The van der Waals surface area contributed by atoms with E-state index >= 15 is 0 Å². The lowest BCUT2D eigenvalue weighted by atomic mass is 9.83. The maximum absolute atomic E-state index is 14.9. The minimum absolute atomic E-state index is 0.0359. The van der Waals surface area contributed by atoms with Gasteiger partial charge in [0, 0.05) is 31.6 Å². The summed E-state index contributed by atoms with van der Waals surface area (Å²) in [7, 11) is 1.87. The summed E-state index contributed by atoms with van der Waals surface area (Å²) in [6, 6.07) is 6.10. The molecule has 0 aromatic carbocycles.